The average Bonchev–Trinajstić information content (AvgIpc) is 2.42. The molecule has 0 aromatic carbocycles. The summed E-state index contributed by atoms with van der Waals surface area (Å²) in [5.41, 5.74) is 0. The molecule has 1 saturated heterocycles. The summed E-state index contributed by atoms with van der Waals surface area (Å²) in [7, 11) is 0. The van der Waals surface area contributed by atoms with E-state index in [2.05, 4.69) is 17.8 Å². The van der Waals surface area contributed by atoms with Crippen LogP contribution in [-0.4, -0.2) is 29.7 Å². The number of ether oxygens (including phenoxy) is 2. The standard InChI is InChI=1S/C10H12O3/c1-4-5-6-8(11)9-7-12-10(2,3)13-9/h1,8-9,11H,7H2,2-3H3. The lowest BCUT2D eigenvalue weighted by atomic mass is 10.2. The van der Waals surface area contributed by atoms with E-state index < -0.39 is 18.0 Å². The number of terminal acetylenes is 1. The van der Waals surface area contributed by atoms with Crippen LogP contribution in [0.15, 0.2) is 0 Å². The summed E-state index contributed by atoms with van der Waals surface area (Å²) in [4.78, 5) is 0. The molecule has 1 rings (SSSR count). The van der Waals surface area contributed by atoms with Crippen molar-refractivity contribution in [3.63, 3.8) is 0 Å². The van der Waals surface area contributed by atoms with E-state index in [4.69, 9.17) is 15.9 Å². The van der Waals surface area contributed by atoms with Crippen LogP contribution in [0.2, 0.25) is 0 Å². The Morgan fingerprint density at radius 2 is 2.31 bits per heavy atom. The summed E-state index contributed by atoms with van der Waals surface area (Å²) >= 11 is 0. The van der Waals surface area contributed by atoms with Crippen LogP contribution in [0.1, 0.15) is 13.8 Å². The minimum absolute atomic E-state index is 0.341. The summed E-state index contributed by atoms with van der Waals surface area (Å²) in [6.07, 6.45) is 3.64. The molecule has 0 aromatic rings. The first-order chi connectivity index (χ1) is 6.05. The molecular formula is C10H12O3. The largest absolute Gasteiger partial charge is 0.377 e. The van der Waals surface area contributed by atoms with Gasteiger partial charge in [0.15, 0.2) is 5.79 Å². The Balaban J connectivity index is 2.52. The number of rotatable bonds is 1. The molecule has 0 saturated carbocycles. The summed E-state index contributed by atoms with van der Waals surface area (Å²) in [5, 5.41) is 9.44. The molecule has 0 radical (unpaired) electrons. The van der Waals surface area contributed by atoms with Gasteiger partial charge in [0.25, 0.3) is 0 Å². The summed E-state index contributed by atoms with van der Waals surface area (Å²) in [5.74, 6) is 6.31. The first kappa shape index (κ1) is 10.1. The molecule has 0 amide bonds. The number of hydrogen-bond donors (Lipinski definition) is 1. The van der Waals surface area contributed by atoms with Crippen LogP contribution in [-0.2, 0) is 9.47 Å². The van der Waals surface area contributed by atoms with Gasteiger partial charge in [0.05, 0.1) is 6.61 Å². The van der Waals surface area contributed by atoms with Crippen LogP contribution in [0.5, 0.6) is 0 Å². The predicted molar refractivity (Wildman–Crippen MR) is 47.5 cm³/mol. The molecule has 2 atom stereocenters. The van der Waals surface area contributed by atoms with Crippen LogP contribution in [0, 0.1) is 24.2 Å². The molecule has 0 bridgehead atoms. The van der Waals surface area contributed by atoms with E-state index in [0.29, 0.717) is 6.61 Å². The lowest BCUT2D eigenvalue weighted by Crippen LogP contribution is -2.29. The van der Waals surface area contributed by atoms with E-state index in [9.17, 15) is 5.11 Å². The number of hydrogen-bond acceptors (Lipinski definition) is 3. The lowest BCUT2D eigenvalue weighted by molar-refractivity contribution is -0.146. The highest BCUT2D eigenvalue weighted by molar-refractivity contribution is 5.24. The van der Waals surface area contributed by atoms with Crippen LogP contribution in [0.4, 0.5) is 0 Å². The van der Waals surface area contributed by atoms with Crippen LogP contribution < -0.4 is 0 Å². The van der Waals surface area contributed by atoms with Gasteiger partial charge in [-0.15, -0.1) is 6.42 Å². The van der Waals surface area contributed by atoms with Gasteiger partial charge in [0.2, 0.25) is 0 Å². The van der Waals surface area contributed by atoms with Gasteiger partial charge in [-0.2, -0.15) is 0 Å². The molecule has 1 heterocycles. The third-order valence-corrected chi connectivity index (χ3v) is 1.67. The Bertz CT molecular complexity index is 277. The molecule has 3 nitrogen and oxygen atoms in total. The van der Waals surface area contributed by atoms with Gasteiger partial charge in [-0.05, 0) is 25.7 Å². The number of aliphatic hydroxyl groups is 1. The smallest absolute Gasteiger partial charge is 0.163 e. The maximum atomic E-state index is 9.44. The molecule has 1 aliphatic rings. The molecule has 1 N–H and O–H groups in total. The highest BCUT2D eigenvalue weighted by Gasteiger charge is 2.36. The molecule has 70 valence electrons. The zero-order valence-corrected chi connectivity index (χ0v) is 7.70. The minimum Gasteiger partial charge on any atom is -0.377 e. The fraction of sp³-hybridized carbons (Fsp3) is 0.600. The van der Waals surface area contributed by atoms with Crippen molar-refractivity contribution in [1.82, 2.24) is 0 Å². The Morgan fingerprint density at radius 1 is 1.62 bits per heavy atom. The zero-order valence-electron chi connectivity index (χ0n) is 7.70. The number of aliphatic hydroxyl groups excluding tert-OH is 1. The van der Waals surface area contributed by atoms with Crippen LogP contribution in [0.3, 0.4) is 0 Å². The molecule has 1 fully saturated rings. The zero-order chi connectivity index (χ0) is 9.90. The van der Waals surface area contributed by atoms with Gasteiger partial charge in [0.1, 0.15) is 12.2 Å². The molecule has 3 heteroatoms. The minimum atomic E-state index is -0.877. The van der Waals surface area contributed by atoms with Gasteiger partial charge in [0, 0.05) is 0 Å². The second-order valence-electron chi connectivity index (χ2n) is 3.23. The van der Waals surface area contributed by atoms with E-state index in [0.717, 1.165) is 0 Å². The normalized spacial score (nSPS) is 27.1. The van der Waals surface area contributed by atoms with Crippen molar-refractivity contribution in [1.29, 1.82) is 0 Å². The fourth-order valence-electron chi connectivity index (χ4n) is 1.08. The SMILES string of the molecule is C#CC#CC(O)C1COC(C)(C)O1. The molecule has 1 aliphatic heterocycles. The van der Waals surface area contributed by atoms with Crippen molar-refractivity contribution in [3.8, 4) is 24.2 Å². The van der Waals surface area contributed by atoms with E-state index in [1.54, 1.807) is 13.8 Å². The van der Waals surface area contributed by atoms with E-state index in [-0.39, 0.29) is 0 Å². The molecule has 0 aromatic heterocycles. The summed E-state index contributed by atoms with van der Waals surface area (Å²) < 4.78 is 10.6. The van der Waals surface area contributed by atoms with Crippen molar-refractivity contribution in [3.05, 3.63) is 0 Å². The maximum Gasteiger partial charge on any atom is 0.163 e. The quantitative estimate of drug-likeness (QED) is 0.583. The molecule has 2 unspecified atom stereocenters. The first-order valence-corrected chi connectivity index (χ1v) is 4.01. The van der Waals surface area contributed by atoms with E-state index in [1.165, 1.54) is 0 Å². The summed E-state index contributed by atoms with van der Waals surface area (Å²) in [6, 6.07) is 0. The molecular weight excluding hydrogens is 168 g/mol. The summed E-state index contributed by atoms with van der Waals surface area (Å²) in [6.45, 7) is 3.91. The monoisotopic (exact) mass is 180 g/mol. The third-order valence-electron chi connectivity index (χ3n) is 1.67. The molecule has 0 aliphatic carbocycles. The Hall–Kier alpha value is -1.00. The third kappa shape index (κ3) is 2.75. The van der Waals surface area contributed by atoms with Gasteiger partial charge in [-0.3, -0.25) is 0 Å². The van der Waals surface area contributed by atoms with Crippen molar-refractivity contribution in [2.75, 3.05) is 6.61 Å². The van der Waals surface area contributed by atoms with Crippen molar-refractivity contribution >= 4 is 0 Å². The second kappa shape index (κ2) is 3.81. The van der Waals surface area contributed by atoms with Crippen LogP contribution >= 0.6 is 0 Å². The van der Waals surface area contributed by atoms with Crippen molar-refractivity contribution in [2.24, 2.45) is 0 Å². The van der Waals surface area contributed by atoms with Gasteiger partial charge in [-0.25, -0.2) is 0 Å². The fourth-order valence-corrected chi connectivity index (χ4v) is 1.08. The lowest BCUT2D eigenvalue weighted by Gasteiger charge is -2.17. The van der Waals surface area contributed by atoms with Gasteiger partial charge < -0.3 is 14.6 Å². The van der Waals surface area contributed by atoms with Crippen LogP contribution in [0.25, 0.3) is 0 Å². The Labute approximate surface area is 78.0 Å². The van der Waals surface area contributed by atoms with Gasteiger partial charge in [-0.1, -0.05) is 5.92 Å². The Morgan fingerprint density at radius 3 is 2.77 bits per heavy atom. The highest BCUT2D eigenvalue weighted by Crippen LogP contribution is 2.23. The average molecular weight is 180 g/mol. The second-order valence-corrected chi connectivity index (χ2v) is 3.23. The van der Waals surface area contributed by atoms with Crippen molar-refractivity contribution in [2.45, 2.75) is 31.8 Å². The molecule has 0 spiro atoms. The maximum absolute atomic E-state index is 9.44. The topological polar surface area (TPSA) is 38.7 Å². The van der Waals surface area contributed by atoms with E-state index >= 15 is 0 Å². The highest BCUT2D eigenvalue weighted by atomic mass is 16.7. The van der Waals surface area contributed by atoms with E-state index in [1.807, 2.05) is 0 Å². The Kier molecular flexibility index (Phi) is 2.95. The van der Waals surface area contributed by atoms with Gasteiger partial charge >= 0.3 is 0 Å². The molecule has 13 heavy (non-hydrogen) atoms. The predicted octanol–water partition coefficient (Wildman–Crippen LogP) is 0.135. The first-order valence-electron chi connectivity index (χ1n) is 4.01. The van der Waals surface area contributed by atoms with Crippen molar-refractivity contribution < 1.29 is 14.6 Å².